The van der Waals surface area contributed by atoms with Gasteiger partial charge in [-0.1, -0.05) is 42.8 Å². The predicted molar refractivity (Wildman–Crippen MR) is 123 cm³/mol. The third-order valence-electron chi connectivity index (χ3n) is 5.05. The van der Waals surface area contributed by atoms with Crippen LogP contribution in [0, 0.1) is 5.82 Å². The lowest BCUT2D eigenvalue weighted by Crippen LogP contribution is -2.15. The Balaban J connectivity index is 1.65. The molecule has 2 heterocycles. The number of fused-ring (bicyclic) bond motifs is 1. The summed E-state index contributed by atoms with van der Waals surface area (Å²) in [6, 6.07) is 14.5. The molecule has 2 aromatic carbocycles. The number of pyridine rings is 1. The molecule has 0 bridgehead atoms. The van der Waals surface area contributed by atoms with E-state index in [4.69, 9.17) is 11.6 Å². The van der Waals surface area contributed by atoms with Crippen molar-refractivity contribution in [3.8, 4) is 0 Å². The maximum absolute atomic E-state index is 13.5. The van der Waals surface area contributed by atoms with E-state index in [-0.39, 0.29) is 5.02 Å². The summed E-state index contributed by atoms with van der Waals surface area (Å²) in [7, 11) is 0. The van der Waals surface area contributed by atoms with E-state index in [9.17, 15) is 4.39 Å². The Bertz CT molecular complexity index is 1200. The lowest BCUT2D eigenvalue weighted by Gasteiger charge is -2.13. The van der Waals surface area contributed by atoms with Crippen molar-refractivity contribution in [2.45, 2.75) is 26.3 Å². The molecule has 0 atom stereocenters. The maximum Gasteiger partial charge on any atom is 0.160 e. The Morgan fingerprint density at radius 3 is 2.65 bits per heavy atom. The third kappa shape index (κ3) is 4.98. The van der Waals surface area contributed by atoms with Gasteiger partial charge in [0.25, 0.3) is 0 Å². The van der Waals surface area contributed by atoms with Gasteiger partial charge in [-0.2, -0.15) is 5.10 Å². The molecule has 4 rings (SSSR count). The molecule has 0 fully saturated rings. The molecule has 158 valence electrons. The Morgan fingerprint density at radius 1 is 1.00 bits per heavy atom. The molecule has 2 aromatic heterocycles. The number of benzene rings is 2. The van der Waals surface area contributed by atoms with E-state index in [1.165, 1.54) is 17.7 Å². The van der Waals surface area contributed by atoms with E-state index < -0.39 is 5.82 Å². The van der Waals surface area contributed by atoms with Crippen LogP contribution in [0.25, 0.3) is 10.8 Å². The van der Waals surface area contributed by atoms with Crippen molar-refractivity contribution in [2.75, 3.05) is 11.9 Å². The van der Waals surface area contributed by atoms with Crippen molar-refractivity contribution >= 4 is 33.9 Å². The summed E-state index contributed by atoms with van der Waals surface area (Å²) in [5.74, 6) is 0.140. The molecule has 4 aromatic rings. The second-order valence-corrected chi connectivity index (χ2v) is 7.70. The fourth-order valence-corrected chi connectivity index (χ4v) is 3.64. The molecule has 5 nitrogen and oxygen atoms in total. The number of hydrogen-bond acceptors (Lipinski definition) is 5. The number of rotatable bonds is 8. The van der Waals surface area contributed by atoms with Crippen molar-refractivity contribution in [3.63, 3.8) is 0 Å². The number of anilines is 2. The van der Waals surface area contributed by atoms with Gasteiger partial charge in [0.2, 0.25) is 0 Å². The fourth-order valence-electron chi connectivity index (χ4n) is 3.46. The largest absolute Gasteiger partial charge is 0.338 e. The van der Waals surface area contributed by atoms with Crippen LogP contribution in [-0.4, -0.2) is 21.7 Å². The first-order chi connectivity index (χ1) is 15.2. The standard InChI is InChI=1S/C24H23ClFN5/c1-2-10-27-14-17-15-28-11-9-16(17)12-23-19-5-3-4-6-20(19)24(31-30-23)29-18-7-8-22(26)21(25)13-18/h3-9,11,13,15,27H,2,10,12,14H2,1H3,(H,29,31). The molecule has 0 radical (unpaired) electrons. The number of nitrogens with zero attached hydrogens (tertiary/aromatic N) is 3. The van der Waals surface area contributed by atoms with Crippen LogP contribution in [0.15, 0.2) is 60.9 Å². The monoisotopic (exact) mass is 435 g/mol. The molecule has 7 heteroatoms. The summed E-state index contributed by atoms with van der Waals surface area (Å²) in [5.41, 5.74) is 3.87. The fraction of sp³-hybridized carbons (Fsp3) is 0.208. The van der Waals surface area contributed by atoms with Crippen LogP contribution >= 0.6 is 11.6 Å². The van der Waals surface area contributed by atoms with Gasteiger partial charge in [-0.15, -0.1) is 5.10 Å². The highest BCUT2D eigenvalue weighted by molar-refractivity contribution is 6.31. The lowest BCUT2D eigenvalue weighted by atomic mass is 10.0. The smallest absolute Gasteiger partial charge is 0.160 e. The molecular weight excluding hydrogens is 413 g/mol. The number of aromatic nitrogens is 3. The summed E-state index contributed by atoms with van der Waals surface area (Å²) in [6.45, 7) is 3.88. The first-order valence-electron chi connectivity index (χ1n) is 10.2. The average molecular weight is 436 g/mol. The number of hydrogen-bond donors (Lipinski definition) is 2. The van der Waals surface area contributed by atoms with Crippen LogP contribution in [0.2, 0.25) is 5.02 Å². The van der Waals surface area contributed by atoms with Gasteiger partial charge in [0, 0.05) is 41.8 Å². The van der Waals surface area contributed by atoms with Gasteiger partial charge in [-0.25, -0.2) is 4.39 Å². The normalized spacial score (nSPS) is 11.1. The number of halogens is 2. The Kier molecular flexibility index (Phi) is 6.70. The van der Waals surface area contributed by atoms with Crippen molar-refractivity contribution in [3.05, 3.63) is 88.6 Å². The number of nitrogens with one attached hydrogen (secondary N) is 2. The van der Waals surface area contributed by atoms with Gasteiger partial charge < -0.3 is 10.6 Å². The van der Waals surface area contributed by atoms with Gasteiger partial charge in [-0.3, -0.25) is 4.98 Å². The van der Waals surface area contributed by atoms with E-state index in [0.717, 1.165) is 41.5 Å². The molecule has 31 heavy (non-hydrogen) atoms. The van der Waals surface area contributed by atoms with E-state index in [0.29, 0.717) is 17.9 Å². The topological polar surface area (TPSA) is 62.7 Å². The van der Waals surface area contributed by atoms with Gasteiger partial charge in [0.15, 0.2) is 5.82 Å². The lowest BCUT2D eigenvalue weighted by molar-refractivity contribution is 0.628. The summed E-state index contributed by atoms with van der Waals surface area (Å²) >= 11 is 5.91. The quantitative estimate of drug-likeness (QED) is 0.350. The Labute approximate surface area is 185 Å². The summed E-state index contributed by atoms with van der Waals surface area (Å²) in [6.07, 6.45) is 5.45. The minimum Gasteiger partial charge on any atom is -0.338 e. The molecule has 0 saturated heterocycles. The minimum atomic E-state index is -0.458. The second-order valence-electron chi connectivity index (χ2n) is 7.29. The van der Waals surface area contributed by atoms with Crippen LogP contribution < -0.4 is 10.6 Å². The maximum atomic E-state index is 13.5. The van der Waals surface area contributed by atoms with Crippen LogP contribution in [0.5, 0.6) is 0 Å². The predicted octanol–water partition coefficient (Wildman–Crippen LogP) is 5.65. The minimum absolute atomic E-state index is 0.0563. The molecule has 0 saturated carbocycles. The summed E-state index contributed by atoms with van der Waals surface area (Å²) in [5, 5.41) is 17.6. The third-order valence-corrected chi connectivity index (χ3v) is 5.34. The molecule has 0 spiro atoms. The molecule has 0 aliphatic heterocycles. The highest BCUT2D eigenvalue weighted by Gasteiger charge is 2.12. The molecule has 2 N–H and O–H groups in total. The highest BCUT2D eigenvalue weighted by atomic mass is 35.5. The van der Waals surface area contributed by atoms with Crippen LogP contribution in [0.3, 0.4) is 0 Å². The van der Waals surface area contributed by atoms with Crippen molar-refractivity contribution in [2.24, 2.45) is 0 Å². The molecular formula is C24H23ClFN5. The van der Waals surface area contributed by atoms with E-state index >= 15 is 0 Å². The second kappa shape index (κ2) is 9.81. The van der Waals surface area contributed by atoms with E-state index in [1.54, 1.807) is 6.07 Å². The zero-order chi connectivity index (χ0) is 21.6. The van der Waals surface area contributed by atoms with Crippen LogP contribution in [0.4, 0.5) is 15.9 Å². The Morgan fingerprint density at radius 2 is 1.84 bits per heavy atom. The highest BCUT2D eigenvalue weighted by Crippen LogP contribution is 2.28. The molecule has 0 amide bonds. The summed E-state index contributed by atoms with van der Waals surface area (Å²) in [4.78, 5) is 4.28. The van der Waals surface area contributed by atoms with Gasteiger partial charge in [0.1, 0.15) is 5.82 Å². The van der Waals surface area contributed by atoms with Crippen molar-refractivity contribution in [1.82, 2.24) is 20.5 Å². The first-order valence-corrected chi connectivity index (χ1v) is 10.6. The zero-order valence-corrected chi connectivity index (χ0v) is 18.0. The zero-order valence-electron chi connectivity index (χ0n) is 17.2. The van der Waals surface area contributed by atoms with Gasteiger partial charge >= 0.3 is 0 Å². The molecule has 0 aliphatic rings. The Hall–Kier alpha value is -3.09. The van der Waals surface area contributed by atoms with Crippen molar-refractivity contribution in [1.29, 1.82) is 0 Å². The van der Waals surface area contributed by atoms with Crippen LogP contribution in [-0.2, 0) is 13.0 Å². The first kappa shape index (κ1) is 21.2. The molecule has 0 unspecified atom stereocenters. The van der Waals surface area contributed by atoms with Gasteiger partial charge in [-0.05, 0) is 48.4 Å². The average Bonchev–Trinajstić information content (AvgIpc) is 2.79. The van der Waals surface area contributed by atoms with E-state index in [2.05, 4.69) is 32.7 Å². The van der Waals surface area contributed by atoms with Gasteiger partial charge in [0.05, 0.1) is 10.7 Å². The van der Waals surface area contributed by atoms with E-state index in [1.807, 2.05) is 42.7 Å². The van der Waals surface area contributed by atoms with Crippen molar-refractivity contribution < 1.29 is 4.39 Å². The SMILES string of the molecule is CCCNCc1cnccc1Cc1nnc(Nc2ccc(F)c(Cl)c2)c2ccccc12. The summed E-state index contributed by atoms with van der Waals surface area (Å²) < 4.78 is 13.5. The van der Waals surface area contributed by atoms with Crippen LogP contribution in [0.1, 0.15) is 30.2 Å². The molecule has 0 aliphatic carbocycles.